The number of carbonyl (C=O) groups excluding carboxylic acids is 2. The number of fused-ring (bicyclic) bond motifs is 2. The minimum absolute atomic E-state index is 0.0844. The van der Waals surface area contributed by atoms with Gasteiger partial charge in [-0.1, -0.05) is 19.1 Å². The van der Waals surface area contributed by atoms with E-state index in [4.69, 9.17) is 9.47 Å². The van der Waals surface area contributed by atoms with Gasteiger partial charge in [0.2, 0.25) is 17.8 Å². The van der Waals surface area contributed by atoms with Crippen molar-refractivity contribution in [1.29, 1.82) is 0 Å². The smallest absolute Gasteiger partial charge is 0.232 e. The van der Waals surface area contributed by atoms with Crippen LogP contribution in [0.1, 0.15) is 19.8 Å². The fourth-order valence-corrected chi connectivity index (χ4v) is 4.17. The summed E-state index contributed by atoms with van der Waals surface area (Å²) in [6.45, 7) is 4.15. The molecule has 31 heavy (non-hydrogen) atoms. The maximum atomic E-state index is 13.0. The summed E-state index contributed by atoms with van der Waals surface area (Å²) in [5.74, 6) is 1.09. The lowest BCUT2D eigenvalue weighted by molar-refractivity contribution is -0.122. The lowest BCUT2D eigenvalue weighted by Gasteiger charge is -2.22. The number of rotatable bonds is 5. The van der Waals surface area contributed by atoms with Gasteiger partial charge < -0.3 is 18.9 Å². The second-order valence-corrected chi connectivity index (χ2v) is 7.80. The van der Waals surface area contributed by atoms with Crippen LogP contribution in [0.2, 0.25) is 0 Å². The molecule has 1 unspecified atom stereocenters. The molecule has 0 bridgehead atoms. The number of amides is 2. The number of aryl methyl sites for hydroxylation is 1. The van der Waals surface area contributed by atoms with Gasteiger partial charge in [0.15, 0.2) is 11.5 Å². The van der Waals surface area contributed by atoms with Gasteiger partial charge in [-0.25, -0.2) is 4.98 Å². The van der Waals surface area contributed by atoms with Gasteiger partial charge >= 0.3 is 0 Å². The maximum absolute atomic E-state index is 13.0. The number of ether oxygens (including phenoxy) is 2. The van der Waals surface area contributed by atoms with E-state index in [-0.39, 0.29) is 18.2 Å². The first-order valence-corrected chi connectivity index (χ1v) is 10.6. The van der Waals surface area contributed by atoms with Crippen LogP contribution in [-0.2, 0) is 16.1 Å². The minimum Gasteiger partial charge on any atom is -0.486 e. The largest absolute Gasteiger partial charge is 0.486 e. The molecule has 0 saturated carbocycles. The van der Waals surface area contributed by atoms with Crippen LogP contribution in [0.3, 0.4) is 0 Å². The molecule has 1 aromatic heterocycles. The molecule has 2 aromatic carbocycles. The van der Waals surface area contributed by atoms with Crippen LogP contribution >= 0.6 is 0 Å². The first-order valence-electron chi connectivity index (χ1n) is 10.6. The van der Waals surface area contributed by atoms with E-state index in [0.29, 0.717) is 42.9 Å². The Morgan fingerprint density at radius 1 is 1.16 bits per heavy atom. The molecule has 5 rings (SSSR count). The van der Waals surface area contributed by atoms with Crippen molar-refractivity contribution in [2.24, 2.45) is 5.92 Å². The summed E-state index contributed by atoms with van der Waals surface area (Å²) in [5.41, 5.74) is 2.54. The highest BCUT2D eigenvalue weighted by molar-refractivity contribution is 6.03. The van der Waals surface area contributed by atoms with E-state index in [1.54, 1.807) is 17.0 Å². The highest BCUT2D eigenvalue weighted by Gasteiger charge is 2.36. The number of nitrogens with zero attached hydrogens (tertiary/aromatic N) is 3. The van der Waals surface area contributed by atoms with Crippen molar-refractivity contribution < 1.29 is 19.1 Å². The number of nitrogens with one attached hydrogen (secondary N) is 1. The molecule has 1 atom stereocenters. The normalized spacial score (nSPS) is 17.9. The van der Waals surface area contributed by atoms with Crippen molar-refractivity contribution in [3.63, 3.8) is 0 Å². The molecule has 0 aliphatic carbocycles. The molecule has 2 aliphatic rings. The molecular formula is C23H24N4O4. The van der Waals surface area contributed by atoms with Gasteiger partial charge in [-0.05, 0) is 30.7 Å². The van der Waals surface area contributed by atoms with E-state index >= 15 is 0 Å². The molecule has 160 valence electrons. The topological polar surface area (TPSA) is 85.7 Å². The zero-order valence-corrected chi connectivity index (χ0v) is 17.3. The summed E-state index contributed by atoms with van der Waals surface area (Å²) < 4.78 is 13.2. The number of hydrogen-bond donors (Lipinski definition) is 1. The zero-order chi connectivity index (χ0) is 21.4. The predicted molar refractivity (Wildman–Crippen MR) is 117 cm³/mol. The average Bonchev–Trinajstić information content (AvgIpc) is 3.34. The van der Waals surface area contributed by atoms with Gasteiger partial charge in [0.25, 0.3) is 0 Å². The summed E-state index contributed by atoms with van der Waals surface area (Å²) in [6.07, 6.45) is 1.08. The molecule has 8 nitrogen and oxygen atoms in total. The van der Waals surface area contributed by atoms with Crippen LogP contribution in [0.15, 0.2) is 42.5 Å². The number of aromatic nitrogens is 2. The third-order valence-corrected chi connectivity index (χ3v) is 5.67. The highest BCUT2D eigenvalue weighted by atomic mass is 16.6. The maximum Gasteiger partial charge on any atom is 0.232 e. The Bertz CT molecular complexity index is 1160. The molecule has 8 heteroatoms. The van der Waals surface area contributed by atoms with Crippen LogP contribution in [-0.4, -0.2) is 41.1 Å². The molecule has 2 amide bonds. The second-order valence-electron chi connectivity index (χ2n) is 7.80. The van der Waals surface area contributed by atoms with Gasteiger partial charge in [0, 0.05) is 31.3 Å². The van der Waals surface area contributed by atoms with Crippen LogP contribution < -0.4 is 19.7 Å². The van der Waals surface area contributed by atoms with E-state index < -0.39 is 5.92 Å². The highest BCUT2D eigenvalue weighted by Crippen LogP contribution is 2.36. The van der Waals surface area contributed by atoms with Gasteiger partial charge in [-0.3, -0.25) is 14.9 Å². The summed E-state index contributed by atoms with van der Waals surface area (Å²) >= 11 is 0. The molecule has 2 aliphatic heterocycles. The quantitative estimate of drug-likeness (QED) is 0.685. The Kier molecular flexibility index (Phi) is 4.97. The number of hydrogen-bond acceptors (Lipinski definition) is 5. The summed E-state index contributed by atoms with van der Waals surface area (Å²) in [7, 11) is 0. The van der Waals surface area contributed by atoms with E-state index in [2.05, 4.69) is 17.2 Å². The molecule has 1 saturated heterocycles. The standard InChI is InChI=1S/C23H24N4O4/c1-2-9-26-18-6-4-3-5-17(18)24-23(26)25-22(29)15-12-21(28)27(14-15)16-7-8-19-20(13-16)31-11-10-30-19/h3-8,13,15H,2,9-12,14H2,1H3,(H,24,25,29). The Morgan fingerprint density at radius 3 is 2.81 bits per heavy atom. The van der Waals surface area contributed by atoms with Crippen molar-refractivity contribution in [1.82, 2.24) is 9.55 Å². The third kappa shape index (κ3) is 3.58. The lowest BCUT2D eigenvalue weighted by Crippen LogP contribution is -2.29. The monoisotopic (exact) mass is 420 g/mol. The first-order chi connectivity index (χ1) is 15.1. The van der Waals surface area contributed by atoms with Crippen LogP contribution in [0, 0.1) is 5.92 Å². The van der Waals surface area contributed by atoms with Crippen LogP contribution in [0.4, 0.5) is 11.6 Å². The Morgan fingerprint density at radius 2 is 1.97 bits per heavy atom. The van der Waals surface area contributed by atoms with Crippen LogP contribution in [0.25, 0.3) is 11.0 Å². The predicted octanol–water partition coefficient (Wildman–Crippen LogP) is 3.21. The summed E-state index contributed by atoms with van der Waals surface area (Å²) in [6, 6.07) is 13.2. The minimum atomic E-state index is -0.449. The van der Waals surface area contributed by atoms with Crippen molar-refractivity contribution in [3.05, 3.63) is 42.5 Å². The van der Waals surface area contributed by atoms with E-state index in [1.807, 2.05) is 34.9 Å². The number of benzene rings is 2. The Hall–Kier alpha value is -3.55. The van der Waals surface area contributed by atoms with E-state index in [9.17, 15) is 9.59 Å². The van der Waals surface area contributed by atoms with Gasteiger partial charge in [-0.2, -0.15) is 0 Å². The van der Waals surface area contributed by atoms with Gasteiger partial charge in [0.05, 0.1) is 17.0 Å². The molecule has 3 heterocycles. The van der Waals surface area contributed by atoms with Crippen molar-refractivity contribution in [2.45, 2.75) is 26.3 Å². The Labute approximate surface area is 179 Å². The van der Waals surface area contributed by atoms with E-state index in [1.165, 1.54) is 0 Å². The van der Waals surface area contributed by atoms with E-state index in [0.717, 1.165) is 24.0 Å². The zero-order valence-electron chi connectivity index (χ0n) is 17.3. The molecule has 0 radical (unpaired) electrons. The number of para-hydroxylation sites is 2. The fraction of sp³-hybridized carbons (Fsp3) is 0.348. The number of carbonyl (C=O) groups is 2. The number of imidazole rings is 1. The third-order valence-electron chi connectivity index (χ3n) is 5.67. The van der Waals surface area contributed by atoms with Crippen LogP contribution in [0.5, 0.6) is 11.5 Å². The fourth-order valence-electron chi connectivity index (χ4n) is 4.17. The van der Waals surface area contributed by atoms with Crippen molar-refractivity contribution in [3.8, 4) is 11.5 Å². The summed E-state index contributed by atoms with van der Waals surface area (Å²) in [5, 5.41) is 2.96. The SMILES string of the molecule is CCCn1c(NC(=O)C2CC(=O)N(c3ccc4c(c3)OCCO4)C2)nc2ccccc21. The van der Waals surface area contributed by atoms with Gasteiger partial charge in [0.1, 0.15) is 13.2 Å². The Balaban J connectivity index is 1.34. The lowest BCUT2D eigenvalue weighted by atomic mass is 10.1. The molecule has 0 spiro atoms. The molecular weight excluding hydrogens is 396 g/mol. The van der Waals surface area contributed by atoms with Gasteiger partial charge in [-0.15, -0.1) is 0 Å². The molecule has 1 N–H and O–H groups in total. The summed E-state index contributed by atoms with van der Waals surface area (Å²) in [4.78, 5) is 31.9. The average molecular weight is 420 g/mol. The number of anilines is 2. The first kappa shape index (κ1) is 19.4. The van der Waals surface area contributed by atoms with Crippen molar-refractivity contribution >= 4 is 34.5 Å². The molecule has 3 aromatic rings. The second kappa shape index (κ2) is 7.94. The molecule has 1 fully saturated rings. The van der Waals surface area contributed by atoms with Crippen molar-refractivity contribution in [2.75, 3.05) is 30.0 Å².